The molecule has 2 bridgehead atoms. The standard InChI is InChI=1S/C20H36/c1-14-6-8-18(9-7-14)17(4)20-12-19(5,13-20)11-15(2)10-16(20)3/h14-18H,6-13H2,1-5H3/t14?,15-,16?,17?,18?,19?,20?/m1/s1. The van der Waals surface area contributed by atoms with Crippen LogP contribution in [-0.4, -0.2) is 0 Å². The SMILES string of the molecule is CC1CCC(C(C)C23CC(C)(C[C@H](C)CC2C)C3)CC1. The molecule has 4 aliphatic rings. The molecule has 0 spiro atoms. The Bertz CT molecular complexity index is 341. The van der Waals surface area contributed by atoms with Gasteiger partial charge in [0.05, 0.1) is 0 Å². The highest BCUT2D eigenvalue weighted by Crippen LogP contribution is 2.69. The Morgan fingerprint density at radius 2 is 1.50 bits per heavy atom. The molecule has 0 aromatic heterocycles. The summed E-state index contributed by atoms with van der Waals surface area (Å²) < 4.78 is 0. The van der Waals surface area contributed by atoms with Crippen LogP contribution in [0, 0.1) is 40.4 Å². The summed E-state index contributed by atoms with van der Waals surface area (Å²) in [5.74, 6) is 4.92. The van der Waals surface area contributed by atoms with E-state index in [1.807, 2.05) is 0 Å². The van der Waals surface area contributed by atoms with E-state index in [4.69, 9.17) is 0 Å². The quantitative estimate of drug-likeness (QED) is 0.555. The highest BCUT2D eigenvalue weighted by Gasteiger charge is 2.59. The van der Waals surface area contributed by atoms with Crippen LogP contribution in [0.25, 0.3) is 0 Å². The predicted octanol–water partition coefficient (Wildman–Crippen LogP) is 6.30. The van der Waals surface area contributed by atoms with Crippen LogP contribution in [-0.2, 0) is 0 Å². The molecule has 3 atom stereocenters. The maximum absolute atomic E-state index is 2.63. The summed E-state index contributed by atoms with van der Waals surface area (Å²) in [6, 6.07) is 0. The van der Waals surface area contributed by atoms with E-state index in [0.29, 0.717) is 10.8 Å². The van der Waals surface area contributed by atoms with Gasteiger partial charge in [-0.3, -0.25) is 0 Å². The van der Waals surface area contributed by atoms with Crippen molar-refractivity contribution in [1.82, 2.24) is 0 Å². The second-order valence-corrected chi connectivity index (χ2v) is 9.65. The van der Waals surface area contributed by atoms with Gasteiger partial charge in [-0.05, 0) is 78.9 Å². The molecular formula is C20H36. The Balaban J connectivity index is 1.75. The van der Waals surface area contributed by atoms with Crippen molar-refractivity contribution in [3.63, 3.8) is 0 Å². The number of rotatable bonds is 2. The molecule has 0 heterocycles. The van der Waals surface area contributed by atoms with Crippen LogP contribution < -0.4 is 0 Å². The molecule has 4 saturated carbocycles. The van der Waals surface area contributed by atoms with Gasteiger partial charge in [0.1, 0.15) is 0 Å². The van der Waals surface area contributed by atoms with Gasteiger partial charge < -0.3 is 0 Å². The molecule has 0 aromatic rings. The van der Waals surface area contributed by atoms with Crippen LogP contribution in [0.4, 0.5) is 0 Å². The third kappa shape index (κ3) is 2.35. The minimum atomic E-state index is 0.695. The zero-order valence-corrected chi connectivity index (χ0v) is 14.5. The monoisotopic (exact) mass is 276 g/mol. The van der Waals surface area contributed by atoms with E-state index >= 15 is 0 Å². The van der Waals surface area contributed by atoms with Crippen LogP contribution in [0.1, 0.15) is 86.0 Å². The van der Waals surface area contributed by atoms with E-state index < -0.39 is 0 Å². The van der Waals surface area contributed by atoms with Crippen molar-refractivity contribution in [3.8, 4) is 0 Å². The molecule has 0 saturated heterocycles. The van der Waals surface area contributed by atoms with Crippen molar-refractivity contribution in [2.75, 3.05) is 0 Å². The average Bonchev–Trinajstić information content (AvgIpc) is 2.50. The van der Waals surface area contributed by atoms with Gasteiger partial charge in [0.15, 0.2) is 0 Å². The van der Waals surface area contributed by atoms with Crippen LogP contribution in [0.15, 0.2) is 0 Å². The molecule has 0 aromatic carbocycles. The molecule has 4 rings (SSSR count). The highest BCUT2D eigenvalue weighted by molar-refractivity contribution is 5.09. The third-order valence-corrected chi connectivity index (χ3v) is 7.76. The van der Waals surface area contributed by atoms with Gasteiger partial charge in [0, 0.05) is 0 Å². The molecule has 0 nitrogen and oxygen atoms in total. The fraction of sp³-hybridized carbons (Fsp3) is 1.00. The Morgan fingerprint density at radius 1 is 0.900 bits per heavy atom. The highest BCUT2D eigenvalue weighted by atomic mass is 14.6. The second kappa shape index (κ2) is 5.03. The summed E-state index contributed by atoms with van der Waals surface area (Å²) in [4.78, 5) is 0. The van der Waals surface area contributed by atoms with E-state index in [9.17, 15) is 0 Å². The summed E-state index contributed by atoms with van der Waals surface area (Å²) in [7, 11) is 0. The average molecular weight is 277 g/mol. The van der Waals surface area contributed by atoms with Crippen LogP contribution in [0.2, 0.25) is 0 Å². The number of hydrogen-bond donors (Lipinski definition) is 0. The predicted molar refractivity (Wildman–Crippen MR) is 87.6 cm³/mol. The van der Waals surface area contributed by atoms with Crippen molar-refractivity contribution in [2.45, 2.75) is 86.0 Å². The summed E-state index contributed by atoms with van der Waals surface area (Å²) in [6.07, 6.45) is 12.1. The van der Waals surface area contributed by atoms with E-state index in [1.54, 1.807) is 12.8 Å². The number of hydrogen-bond acceptors (Lipinski definition) is 0. The zero-order valence-electron chi connectivity index (χ0n) is 14.5. The fourth-order valence-corrected chi connectivity index (χ4v) is 6.82. The van der Waals surface area contributed by atoms with Crippen LogP contribution in [0.3, 0.4) is 0 Å². The lowest BCUT2D eigenvalue weighted by molar-refractivity contribution is -0.116. The second-order valence-electron chi connectivity index (χ2n) is 9.65. The smallest absolute Gasteiger partial charge is 0.0233 e. The van der Waals surface area contributed by atoms with Crippen molar-refractivity contribution >= 4 is 0 Å². The number of fused-ring (bicyclic) bond motifs is 3. The first-order valence-electron chi connectivity index (χ1n) is 9.35. The topological polar surface area (TPSA) is 0 Å². The summed E-state index contributed by atoms with van der Waals surface area (Å²) in [5, 5.41) is 0. The lowest BCUT2D eigenvalue weighted by atomic mass is 9.44. The lowest BCUT2D eigenvalue weighted by Crippen LogP contribution is -2.52. The Kier molecular flexibility index (Phi) is 3.75. The third-order valence-electron chi connectivity index (χ3n) is 7.76. The van der Waals surface area contributed by atoms with E-state index in [2.05, 4.69) is 34.6 Å². The lowest BCUT2D eigenvalue weighted by Gasteiger charge is -2.61. The molecule has 20 heavy (non-hydrogen) atoms. The molecule has 0 N–H and O–H groups in total. The Hall–Kier alpha value is 0. The Labute approximate surface area is 127 Å². The largest absolute Gasteiger partial charge is 0.0625 e. The minimum Gasteiger partial charge on any atom is -0.0625 e. The van der Waals surface area contributed by atoms with Gasteiger partial charge in [-0.1, -0.05) is 47.5 Å². The zero-order chi connectivity index (χ0) is 14.5. The van der Waals surface area contributed by atoms with Crippen molar-refractivity contribution in [1.29, 1.82) is 0 Å². The van der Waals surface area contributed by atoms with Gasteiger partial charge in [-0.2, -0.15) is 0 Å². The van der Waals surface area contributed by atoms with Crippen LogP contribution in [0.5, 0.6) is 0 Å². The first-order valence-corrected chi connectivity index (χ1v) is 9.35. The fourth-order valence-electron chi connectivity index (χ4n) is 6.82. The van der Waals surface area contributed by atoms with Gasteiger partial charge in [0.2, 0.25) is 0 Å². The first-order chi connectivity index (χ1) is 9.35. The maximum Gasteiger partial charge on any atom is -0.0233 e. The normalized spacial score (nSPS) is 53.9. The first kappa shape index (κ1) is 14.9. The van der Waals surface area contributed by atoms with Crippen molar-refractivity contribution < 1.29 is 0 Å². The summed E-state index contributed by atoms with van der Waals surface area (Å²) in [5.41, 5.74) is 1.41. The molecule has 0 aliphatic heterocycles. The Morgan fingerprint density at radius 3 is 2.10 bits per heavy atom. The molecule has 4 aliphatic carbocycles. The van der Waals surface area contributed by atoms with E-state index in [1.165, 1.54) is 38.5 Å². The molecule has 0 radical (unpaired) electrons. The van der Waals surface area contributed by atoms with Gasteiger partial charge >= 0.3 is 0 Å². The summed E-state index contributed by atoms with van der Waals surface area (Å²) in [6.45, 7) is 12.8. The van der Waals surface area contributed by atoms with Crippen molar-refractivity contribution in [2.24, 2.45) is 40.4 Å². The molecule has 4 fully saturated rings. The van der Waals surface area contributed by atoms with Gasteiger partial charge in [-0.25, -0.2) is 0 Å². The molecule has 116 valence electrons. The van der Waals surface area contributed by atoms with Gasteiger partial charge in [0.25, 0.3) is 0 Å². The molecular weight excluding hydrogens is 240 g/mol. The van der Waals surface area contributed by atoms with Gasteiger partial charge in [-0.15, -0.1) is 0 Å². The molecule has 0 amide bonds. The summed E-state index contributed by atoms with van der Waals surface area (Å²) >= 11 is 0. The minimum absolute atomic E-state index is 0.695. The van der Waals surface area contributed by atoms with E-state index in [-0.39, 0.29) is 0 Å². The maximum atomic E-state index is 2.63. The van der Waals surface area contributed by atoms with Crippen molar-refractivity contribution in [3.05, 3.63) is 0 Å². The van der Waals surface area contributed by atoms with Crippen LogP contribution >= 0.6 is 0 Å². The van der Waals surface area contributed by atoms with E-state index in [0.717, 1.165) is 29.6 Å². The molecule has 2 unspecified atom stereocenters. The molecule has 0 heteroatoms.